The maximum absolute atomic E-state index is 11.4. The summed E-state index contributed by atoms with van der Waals surface area (Å²) in [5.41, 5.74) is 2.92. The number of fused-ring (bicyclic) bond motifs is 8. The Hall–Kier alpha value is -2.76. The fraction of sp³-hybridized carbons (Fsp3) is 0.200. The van der Waals surface area contributed by atoms with E-state index in [4.69, 9.17) is 0 Å². The van der Waals surface area contributed by atoms with Crippen molar-refractivity contribution in [1.82, 2.24) is 0 Å². The van der Waals surface area contributed by atoms with Crippen molar-refractivity contribution in [3.05, 3.63) is 78.9 Å². The zero-order valence-corrected chi connectivity index (χ0v) is 10.9. The summed E-state index contributed by atoms with van der Waals surface area (Å²) < 4.78 is 0. The van der Waals surface area contributed by atoms with Crippen LogP contribution in [0.4, 0.5) is 11.4 Å². The quantitative estimate of drug-likeness (QED) is 0.623. The van der Waals surface area contributed by atoms with Gasteiger partial charge < -0.3 is 0 Å². The smallest absolute Gasteiger partial charge is 0.258 e. The number of hydrogen-bond acceptors (Lipinski definition) is 4. The van der Waals surface area contributed by atoms with Crippen LogP contribution in [0, 0.1) is 20.2 Å². The van der Waals surface area contributed by atoms with E-state index in [0.717, 1.165) is 17.5 Å². The van der Waals surface area contributed by atoms with Crippen LogP contribution in [0.1, 0.15) is 40.5 Å². The third-order valence-electron chi connectivity index (χ3n) is 4.55. The predicted molar refractivity (Wildman–Crippen MR) is 74.5 cm³/mol. The van der Waals surface area contributed by atoms with E-state index in [0.29, 0.717) is 5.56 Å². The number of nitro groups is 2. The second-order valence-electron chi connectivity index (χ2n) is 5.42. The van der Waals surface area contributed by atoms with Crippen LogP contribution in [0.2, 0.25) is 0 Å². The van der Waals surface area contributed by atoms with E-state index in [1.54, 1.807) is 6.07 Å². The summed E-state index contributed by atoms with van der Waals surface area (Å²) in [7, 11) is 0. The molecule has 0 aromatic heterocycles. The van der Waals surface area contributed by atoms with Crippen LogP contribution in [0.3, 0.4) is 0 Å². The van der Waals surface area contributed by atoms with Crippen LogP contribution in [0.25, 0.3) is 0 Å². The first-order valence-electron chi connectivity index (χ1n) is 6.64. The van der Waals surface area contributed by atoms with Gasteiger partial charge in [0.2, 0.25) is 0 Å². The molecular weight excluding hydrogens is 272 g/mol. The van der Waals surface area contributed by atoms with Gasteiger partial charge in [0.1, 0.15) is 0 Å². The SMILES string of the molecule is O=[N+]([O-])c1ccc2c(c1[N+](=O)[O-])C1CC2c2ccccc21. The van der Waals surface area contributed by atoms with E-state index in [1.807, 2.05) is 24.3 Å². The monoisotopic (exact) mass is 282 g/mol. The van der Waals surface area contributed by atoms with Gasteiger partial charge in [-0.3, -0.25) is 20.2 Å². The first kappa shape index (κ1) is 12.0. The van der Waals surface area contributed by atoms with E-state index in [1.165, 1.54) is 11.6 Å². The molecule has 0 N–H and O–H groups in total. The van der Waals surface area contributed by atoms with Crippen molar-refractivity contribution in [2.45, 2.75) is 18.3 Å². The molecule has 104 valence electrons. The van der Waals surface area contributed by atoms with Crippen LogP contribution < -0.4 is 0 Å². The molecule has 4 rings (SSSR count). The Bertz CT molecular complexity index is 815. The second-order valence-corrected chi connectivity index (χ2v) is 5.42. The summed E-state index contributed by atoms with van der Waals surface area (Å²) >= 11 is 0. The van der Waals surface area contributed by atoms with Crippen molar-refractivity contribution in [3.63, 3.8) is 0 Å². The van der Waals surface area contributed by atoms with Crippen LogP contribution in [0.5, 0.6) is 0 Å². The van der Waals surface area contributed by atoms with E-state index in [-0.39, 0.29) is 17.5 Å². The molecular formula is C15H10N2O4. The van der Waals surface area contributed by atoms with Crippen LogP contribution in [-0.2, 0) is 0 Å². The summed E-state index contributed by atoms with van der Waals surface area (Å²) in [4.78, 5) is 21.2. The average molecular weight is 282 g/mol. The average Bonchev–Trinajstić information content (AvgIpc) is 3.03. The molecule has 0 saturated carbocycles. The van der Waals surface area contributed by atoms with Crippen molar-refractivity contribution in [3.8, 4) is 0 Å². The number of benzene rings is 2. The normalized spacial score (nSPS) is 21.0. The van der Waals surface area contributed by atoms with Crippen molar-refractivity contribution >= 4 is 11.4 Å². The molecule has 21 heavy (non-hydrogen) atoms. The number of nitro benzene ring substituents is 2. The number of nitrogens with zero attached hydrogens (tertiary/aromatic N) is 2. The van der Waals surface area contributed by atoms with E-state index >= 15 is 0 Å². The molecule has 0 fully saturated rings. The molecule has 2 atom stereocenters. The first-order chi connectivity index (χ1) is 10.1. The maximum Gasteiger partial charge on any atom is 0.350 e. The van der Waals surface area contributed by atoms with Crippen LogP contribution in [-0.4, -0.2) is 9.85 Å². The van der Waals surface area contributed by atoms with Gasteiger partial charge in [0.15, 0.2) is 0 Å². The highest BCUT2D eigenvalue weighted by Gasteiger charge is 2.47. The lowest BCUT2D eigenvalue weighted by atomic mass is 9.85. The fourth-order valence-electron chi connectivity index (χ4n) is 3.82. The Morgan fingerprint density at radius 2 is 1.52 bits per heavy atom. The highest BCUT2D eigenvalue weighted by Crippen LogP contribution is 2.59. The molecule has 6 nitrogen and oxygen atoms in total. The van der Waals surface area contributed by atoms with Crippen LogP contribution in [0.15, 0.2) is 36.4 Å². The summed E-state index contributed by atoms with van der Waals surface area (Å²) in [6.07, 6.45) is 0.774. The van der Waals surface area contributed by atoms with Gasteiger partial charge in [-0.05, 0) is 23.1 Å². The third-order valence-corrected chi connectivity index (χ3v) is 4.55. The van der Waals surface area contributed by atoms with Gasteiger partial charge in [0.05, 0.1) is 9.85 Å². The molecule has 0 amide bonds. The molecule has 2 aliphatic rings. The minimum Gasteiger partial charge on any atom is -0.258 e. The number of hydrogen-bond donors (Lipinski definition) is 0. The maximum atomic E-state index is 11.4. The number of rotatable bonds is 2. The Kier molecular flexibility index (Phi) is 2.22. The van der Waals surface area contributed by atoms with Gasteiger partial charge in [0.25, 0.3) is 0 Å². The molecule has 2 aliphatic carbocycles. The van der Waals surface area contributed by atoms with E-state index < -0.39 is 15.5 Å². The predicted octanol–water partition coefficient (Wildman–Crippen LogP) is 3.48. The second kappa shape index (κ2) is 3.88. The minimum atomic E-state index is -0.670. The largest absolute Gasteiger partial charge is 0.350 e. The Morgan fingerprint density at radius 3 is 2.14 bits per heavy atom. The highest BCUT2D eigenvalue weighted by molar-refractivity contribution is 5.70. The van der Waals surface area contributed by atoms with Crippen molar-refractivity contribution < 1.29 is 9.85 Å². The molecule has 2 aromatic carbocycles. The van der Waals surface area contributed by atoms with E-state index in [9.17, 15) is 20.2 Å². The summed E-state index contributed by atoms with van der Waals surface area (Å²) in [6.45, 7) is 0. The van der Waals surface area contributed by atoms with Crippen molar-refractivity contribution in [1.29, 1.82) is 0 Å². The molecule has 0 aliphatic heterocycles. The molecule has 0 saturated heterocycles. The third kappa shape index (κ3) is 1.41. The van der Waals surface area contributed by atoms with Crippen molar-refractivity contribution in [2.75, 3.05) is 0 Å². The van der Waals surface area contributed by atoms with Gasteiger partial charge >= 0.3 is 11.4 Å². The van der Waals surface area contributed by atoms with Gasteiger partial charge in [-0.25, -0.2) is 0 Å². The summed E-state index contributed by atoms with van der Waals surface area (Å²) in [5, 5.41) is 22.5. The minimum absolute atomic E-state index is 0.0958. The lowest BCUT2D eigenvalue weighted by Crippen LogP contribution is -2.08. The van der Waals surface area contributed by atoms with Gasteiger partial charge in [-0.15, -0.1) is 0 Å². The molecule has 2 unspecified atom stereocenters. The topological polar surface area (TPSA) is 86.3 Å². The lowest BCUT2D eigenvalue weighted by Gasteiger charge is -2.18. The molecule has 2 aromatic rings. The molecule has 6 heteroatoms. The van der Waals surface area contributed by atoms with Gasteiger partial charge in [-0.1, -0.05) is 30.3 Å². The Morgan fingerprint density at radius 1 is 0.857 bits per heavy atom. The summed E-state index contributed by atoms with van der Waals surface area (Å²) in [5.74, 6) is 0.0298. The van der Waals surface area contributed by atoms with E-state index in [2.05, 4.69) is 0 Å². The van der Waals surface area contributed by atoms with Gasteiger partial charge in [0, 0.05) is 23.5 Å². The molecule has 2 bridgehead atoms. The lowest BCUT2D eigenvalue weighted by molar-refractivity contribution is -0.423. The van der Waals surface area contributed by atoms with Gasteiger partial charge in [-0.2, -0.15) is 0 Å². The van der Waals surface area contributed by atoms with Crippen LogP contribution >= 0.6 is 0 Å². The fourth-order valence-corrected chi connectivity index (χ4v) is 3.82. The summed E-state index contributed by atoms with van der Waals surface area (Å²) in [6, 6.07) is 10.8. The van der Waals surface area contributed by atoms with Crippen molar-refractivity contribution in [2.24, 2.45) is 0 Å². The Labute approximate surface area is 119 Å². The zero-order chi connectivity index (χ0) is 14.7. The highest BCUT2D eigenvalue weighted by atomic mass is 16.6. The standard InChI is InChI=1S/C15H10N2O4/c18-16(19)13-6-5-10-11-7-12(14(10)15(13)17(20)21)9-4-2-1-3-8(9)11/h1-6,11-12H,7H2. The molecule has 0 radical (unpaired) electrons. The molecule has 0 heterocycles. The first-order valence-corrected chi connectivity index (χ1v) is 6.64. The zero-order valence-electron chi connectivity index (χ0n) is 10.9. The molecule has 0 spiro atoms. The Balaban J connectivity index is 2.02.